The molecule has 2 N–H and O–H groups in total. The van der Waals surface area contributed by atoms with Gasteiger partial charge in [0.05, 0.1) is 0 Å². The van der Waals surface area contributed by atoms with Crippen LogP contribution >= 0.6 is 11.6 Å². The number of H-pyrrole nitrogens is 1. The first-order valence-electron chi connectivity index (χ1n) is 3.74. The summed E-state index contributed by atoms with van der Waals surface area (Å²) in [5.41, 5.74) is -0.131. The maximum atomic E-state index is 11.1. The zero-order valence-corrected chi connectivity index (χ0v) is 7.76. The number of aromatic nitrogens is 1. The standard InChI is InChI=1S/C8H9ClN2O2/c1-5(9)7(12)11-6-3-2-4-10-8(6)13/h2-5H,1H3,(H,10,13)(H,11,12). The summed E-state index contributed by atoms with van der Waals surface area (Å²) < 4.78 is 0. The van der Waals surface area contributed by atoms with Crippen LogP contribution in [0.5, 0.6) is 0 Å². The number of anilines is 1. The Labute approximate surface area is 79.9 Å². The van der Waals surface area contributed by atoms with E-state index in [-0.39, 0.29) is 11.2 Å². The highest BCUT2D eigenvalue weighted by Gasteiger charge is 2.10. The van der Waals surface area contributed by atoms with Crippen molar-refractivity contribution < 1.29 is 4.79 Å². The molecule has 0 saturated carbocycles. The number of amides is 1. The van der Waals surface area contributed by atoms with Crippen LogP contribution < -0.4 is 10.9 Å². The van der Waals surface area contributed by atoms with Gasteiger partial charge in [0.15, 0.2) is 0 Å². The molecule has 4 nitrogen and oxygen atoms in total. The van der Waals surface area contributed by atoms with E-state index in [0.29, 0.717) is 0 Å². The molecule has 13 heavy (non-hydrogen) atoms. The average Bonchev–Trinajstić information content (AvgIpc) is 2.08. The Kier molecular flexibility index (Phi) is 3.08. The fraction of sp³-hybridized carbons (Fsp3) is 0.250. The Bertz CT molecular complexity index is 359. The van der Waals surface area contributed by atoms with Gasteiger partial charge in [-0.15, -0.1) is 11.6 Å². The van der Waals surface area contributed by atoms with Gasteiger partial charge in [-0.25, -0.2) is 0 Å². The van der Waals surface area contributed by atoms with Crippen molar-refractivity contribution in [3.8, 4) is 0 Å². The fourth-order valence-corrected chi connectivity index (χ4v) is 0.807. The minimum absolute atomic E-state index is 0.208. The highest BCUT2D eigenvalue weighted by molar-refractivity contribution is 6.32. The predicted molar refractivity (Wildman–Crippen MR) is 51.0 cm³/mol. The number of hydrogen-bond acceptors (Lipinski definition) is 2. The van der Waals surface area contributed by atoms with Gasteiger partial charge in [-0.1, -0.05) is 0 Å². The Morgan fingerprint density at radius 2 is 2.38 bits per heavy atom. The molecule has 0 spiro atoms. The number of rotatable bonds is 2. The third-order valence-electron chi connectivity index (χ3n) is 1.44. The third-order valence-corrected chi connectivity index (χ3v) is 1.64. The second kappa shape index (κ2) is 4.09. The zero-order chi connectivity index (χ0) is 9.84. The van der Waals surface area contributed by atoms with Gasteiger partial charge in [0.1, 0.15) is 11.1 Å². The van der Waals surface area contributed by atoms with E-state index in [1.807, 2.05) is 0 Å². The second-order valence-electron chi connectivity index (χ2n) is 2.52. The smallest absolute Gasteiger partial charge is 0.271 e. The first kappa shape index (κ1) is 9.80. The minimum atomic E-state index is -0.653. The monoisotopic (exact) mass is 200 g/mol. The van der Waals surface area contributed by atoms with E-state index in [2.05, 4.69) is 10.3 Å². The van der Waals surface area contributed by atoms with Crippen LogP contribution in [0.2, 0.25) is 0 Å². The van der Waals surface area contributed by atoms with Crippen molar-refractivity contribution in [3.63, 3.8) is 0 Å². The molecule has 70 valence electrons. The number of carbonyl (C=O) groups excluding carboxylic acids is 1. The maximum Gasteiger partial charge on any atom is 0.271 e. The van der Waals surface area contributed by atoms with Crippen LogP contribution in [0.3, 0.4) is 0 Å². The Hall–Kier alpha value is -1.29. The lowest BCUT2D eigenvalue weighted by Crippen LogP contribution is -2.24. The van der Waals surface area contributed by atoms with E-state index >= 15 is 0 Å². The molecule has 0 bridgehead atoms. The molecule has 1 aromatic rings. The van der Waals surface area contributed by atoms with Crippen LogP contribution in [0.4, 0.5) is 5.69 Å². The Morgan fingerprint density at radius 1 is 1.69 bits per heavy atom. The zero-order valence-electron chi connectivity index (χ0n) is 7.00. The lowest BCUT2D eigenvalue weighted by atomic mass is 10.4. The van der Waals surface area contributed by atoms with Gasteiger partial charge in [-0.2, -0.15) is 0 Å². The van der Waals surface area contributed by atoms with Crippen LogP contribution in [0.1, 0.15) is 6.92 Å². The maximum absolute atomic E-state index is 11.1. The van der Waals surface area contributed by atoms with Gasteiger partial charge < -0.3 is 10.3 Å². The lowest BCUT2D eigenvalue weighted by Gasteiger charge is -2.04. The number of nitrogens with one attached hydrogen (secondary N) is 2. The fourth-order valence-electron chi connectivity index (χ4n) is 0.752. The summed E-state index contributed by atoms with van der Waals surface area (Å²) in [4.78, 5) is 24.6. The van der Waals surface area contributed by atoms with Crippen LogP contribution in [0.25, 0.3) is 0 Å². The quantitative estimate of drug-likeness (QED) is 0.698. The molecule has 0 aromatic carbocycles. The molecule has 5 heteroatoms. The van der Waals surface area contributed by atoms with Gasteiger partial charge in [-0.3, -0.25) is 9.59 Å². The van der Waals surface area contributed by atoms with E-state index in [9.17, 15) is 9.59 Å². The van der Waals surface area contributed by atoms with E-state index in [1.165, 1.54) is 19.2 Å². The van der Waals surface area contributed by atoms with E-state index in [4.69, 9.17) is 11.6 Å². The summed E-state index contributed by atoms with van der Waals surface area (Å²) in [6, 6.07) is 3.13. The molecule has 1 atom stereocenters. The van der Waals surface area contributed by atoms with Gasteiger partial charge in [0.25, 0.3) is 5.56 Å². The van der Waals surface area contributed by atoms with Crippen molar-refractivity contribution in [3.05, 3.63) is 28.7 Å². The van der Waals surface area contributed by atoms with Crippen molar-refractivity contribution in [2.45, 2.75) is 12.3 Å². The van der Waals surface area contributed by atoms with Crippen molar-refractivity contribution in [2.24, 2.45) is 0 Å². The summed E-state index contributed by atoms with van der Waals surface area (Å²) in [5, 5.41) is 1.74. The molecule has 1 unspecified atom stereocenters. The van der Waals surface area contributed by atoms with Crippen LogP contribution in [0.15, 0.2) is 23.1 Å². The van der Waals surface area contributed by atoms with E-state index < -0.39 is 11.3 Å². The number of halogens is 1. The Morgan fingerprint density at radius 3 is 2.92 bits per heavy atom. The summed E-state index contributed by atoms with van der Waals surface area (Å²) in [6.07, 6.45) is 1.49. The molecule has 0 fully saturated rings. The van der Waals surface area contributed by atoms with Crippen LogP contribution in [0, 0.1) is 0 Å². The molecular weight excluding hydrogens is 192 g/mol. The van der Waals surface area contributed by atoms with Gasteiger partial charge in [0, 0.05) is 6.20 Å². The van der Waals surface area contributed by atoms with Crippen LogP contribution in [-0.2, 0) is 4.79 Å². The molecular formula is C8H9ClN2O2. The summed E-state index contributed by atoms with van der Waals surface area (Å²) in [5.74, 6) is -0.390. The van der Waals surface area contributed by atoms with Gasteiger partial charge >= 0.3 is 0 Å². The minimum Gasteiger partial charge on any atom is -0.327 e. The number of carbonyl (C=O) groups is 1. The van der Waals surface area contributed by atoms with Crippen molar-refractivity contribution in [1.82, 2.24) is 4.98 Å². The molecule has 0 aliphatic heterocycles. The number of hydrogen-bond donors (Lipinski definition) is 2. The van der Waals surface area contributed by atoms with Crippen molar-refractivity contribution in [1.29, 1.82) is 0 Å². The lowest BCUT2D eigenvalue weighted by molar-refractivity contribution is -0.115. The van der Waals surface area contributed by atoms with Crippen LogP contribution in [-0.4, -0.2) is 16.3 Å². The SMILES string of the molecule is CC(Cl)C(=O)Nc1ccc[nH]c1=O. The predicted octanol–water partition coefficient (Wildman–Crippen LogP) is 0.941. The second-order valence-corrected chi connectivity index (χ2v) is 3.17. The number of aromatic amines is 1. The summed E-state index contributed by atoms with van der Waals surface area (Å²) in [6.45, 7) is 1.54. The highest BCUT2D eigenvalue weighted by Crippen LogP contribution is 2.00. The van der Waals surface area contributed by atoms with Gasteiger partial charge in [-0.05, 0) is 19.1 Å². The molecule has 0 aliphatic carbocycles. The molecule has 0 aliphatic rings. The topological polar surface area (TPSA) is 62.0 Å². The molecule has 1 aromatic heterocycles. The normalized spacial score (nSPS) is 12.2. The number of alkyl halides is 1. The van der Waals surface area contributed by atoms with E-state index in [0.717, 1.165) is 0 Å². The molecule has 0 radical (unpaired) electrons. The molecule has 0 saturated heterocycles. The molecule has 1 heterocycles. The van der Waals surface area contributed by atoms with Gasteiger partial charge in [0.2, 0.25) is 5.91 Å². The third kappa shape index (κ3) is 2.59. The summed E-state index contributed by atoms with van der Waals surface area (Å²) >= 11 is 5.51. The first-order valence-corrected chi connectivity index (χ1v) is 4.17. The first-order chi connectivity index (χ1) is 6.11. The molecule has 1 amide bonds. The summed E-state index contributed by atoms with van der Waals surface area (Å²) in [7, 11) is 0. The molecule has 1 rings (SSSR count). The average molecular weight is 201 g/mol. The van der Waals surface area contributed by atoms with Crippen molar-refractivity contribution >= 4 is 23.2 Å². The van der Waals surface area contributed by atoms with Crippen molar-refractivity contribution in [2.75, 3.05) is 5.32 Å². The number of pyridine rings is 1. The Balaban J connectivity index is 2.81. The largest absolute Gasteiger partial charge is 0.327 e. The highest BCUT2D eigenvalue weighted by atomic mass is 35.5. The van der Waals surface area contributed by atoms with E-state index in [1.54, 1.807) is 6.07 Å².